The number of carbonyl (C=O) groups excluding carboxylic acids is 1. The van der Waals surface area contributed by atoms with Crippen LogP contribution in [0.1, 0.15) is 21.6 Å². The molecule has 0 bridgehead atoms. The standard InChI is InChI=1S/C15H17N3O/c1-11-4-3-9-17-14(11)15(19)18-13-7-5-12(6-8-13)10-16-2/h3-9,16H,10H2,1-2H3,(H,18,19). The average Bonchev–Trinajstić information content (AvgIpc) is 2.42. The summed E-state index contributed by atoms with van der Waals surface area (Å²) in [6, 6.07) is 11.4. The Hall–Kier alpha value is -2.20. The molecule has 98 valence electrons. The first-order chi connectivity index (χ1) is 9.20. The molecule has 0 saturated carbocycles. The summed E-state index contributed by atoms with van der Waals surface area (Å²) in [6.45, 7) is 2.69. The van der Waals surface area contributed by atoms with E-state index in [0.717, 1.165) is 17.8 Å². The van der Waals surface area contributed by atoms with Crippen LogP contribution in [0.3, 0.4) is 0 Å². The minimum Gasteiger partial charge on any atom is -0.321 e. The number of aromatic nitrogens is 1. The fourth-order valence-corrected chi connectivity index (χ4v) is 1.82. The molecule has 1 amide bonds. The first-order valence-corrected chi connectivity index (χ1v) is 6.17. The minimum atomic E-state index is -0.181. The van der Waals surface area contributed by atoms with E-state index in [2.05, 4.69) is 15.6 Å². The molecular formula is C15H17N3O. The molecule has 0 fully saturated rings. The van der Waals surface area contributed by atoms with Crippen molar-refractivity contribution in [2.24, 2.45) is 0 Å². The van der Waals surface area contributed by atoms with E-state index in [4.69, 9.17) is 0 Å². The number of anilines is 1. The van der Waals surface area contributed by atoms with Gasteiger partial charge in [0.15, 0.2) is 0 Å². The van der Waals surface area contributed by atoms with E-state index in [0.29, 0.717) is 5.69 Å². The lowest BCUT2D eigenvalue weighted by Gasteiger charge is -2.07. The van der Waals surface area contributed by atoms with Crippen LogP contribution in [-0.4, -0.2) is 17.9 Å². The van der Waals surface area contributed by atoms with Gasteiger partial charge in [0.05, 0.1) is 0 Å². The van der Waals surface area contributed by atoms with Gasteiger partial charge >= 0.3 is 0 Å². The molecule has 0 aliphatic rings. The normalized spacial score (nSPS) is 10.2. The lowest BCUT2D eigenvalue weighted by molar-refractivity contribution is 0.102. The molecule has 0 aliphatic carbocycles. The van der Waals surface area contributed by atoms with E-state index in [1.807, 2.05) is 50.4 Å². The fraction of sp³-hybridized carbons (Fsp3) is 0.200. The van der Waals surface area contributed by atoms with E-state index < -0.39 is 0 Å². The van der Waals surface area contributed by atoms with Crippen molar-refractivity contribution in [3.63, 3.8) is 0 Å². The number of hydrogen-bond acceptors (Lipinski definition) is 3. The maximum atomic E-state index is 12.1. The Balaban J connectivity index is 2.09. The smallest absolute Gasteiger partial charge is 0.274 e. The third-order valence-corrected chi connectivity index (χ3v) is 2.82. The van der Waals surface area contributed by atoms with Crippen LogP contribution in [0.25, 0.3) is 0 Å². The third-order valence-electron chi connectivity index (χ3n) is 2.82. The molecule has 0 aliphatic heterocycles. The first kappa shape index (κ1) is 13.2. The van der Waals surface area contributed by atoms with E-state index in [-0.39, 0.29) is 5.91 Å². The summed E-state index contributed by atoms with van der Waals surface area (Å²) in [7, 11) is 1.90. The molecule has 0 saturated heterocycles. The maximum Gasteiger partial charge on any atom is 0.274 e. The molecule has 0 atom stereocenters. The highest BCUT2D eigenvalue weighted by Gasteiger charge is 2.09. The summed E-state index contributed by atoms with van der Waals surface area (Å²) in [5.74, 6) is -0.181. The highest BCUT2D eigenvalue weighted by molar-refractivity contribution is 6.03. The van der Waals surface area contributed by atoms with E-state index in [9.17, 15) is 4.79 Å². The Morgan fingerprint density at radius 1 is 1.21 bits per heavy atom. The van der Waals surface area contributed by atoms with Gasteiger partial charge in [-0.1, -0.05) is 18.2 Å². The third kappa shape index (κ3) is 3.39. The number of carbonyl (C=O) groups is 1. The van der Waals surface area contributed by atoms with Crippen molar-refractivity contribution in [1.82, 2.24) is 10.3 Å². The number of nitrogens with zero attached hydrogens (tertiary/aromatic N) is 1. The van der Waals surface area contributed by atoms with Crippen LogP contribution in [0.5, 0.6) is 0 Å². The number of hydrogen-bond donors (Lipinski definition) is 2. The zero-order valence-corrected chi connectivity index (χ0v) is 11.1. The van der Waals surface area contributed by atoms with Gasteiger partial charge in [-0.25, -0.2) is 0 Å². The zero-order chi connectivity index (χ0) is 13.7. The molecule has 1 aromatic heterocycles. The molecule has 2 rings (SSSR count). The second-order valence-electron chi connectivity index (χ2n) is 4.35. The SMILES string of the molecule is CNCc1ccc(NC(=O)c2ncccc2C)cc1. The molecule has 2 N–H and O–H groups in total. The summed E-state index contributed by atoms with van der Waals surface area (Å²) in [4.78, 5) is 16.2. The predicted molar refractivity (Wildman–Crippen MR) is 76.1 cm³/mol. The predicted octanol–water partition coefficient (Wildman–Crippen LogP) is 2.36. The zero-order valence-electron chi connectivity index (χ0n) is 11.1. The van der Waals surface area contributed by atoms with Gasteiger partial charge in [0.2, 0.25) is 0 Å². The molecular weight excluding hydrogens is 238 g/mol. The fourth-order valence-electron chi connectivity index (χ4n) is 1.82. The topological polar surface area (TPSA) is 54.0 Å². The van der Waals surface area contributed by atoms with Crippen LogP contribution in [0.2, 0.25) is 0 Å². The van der Waals surface area contributed by atoms with Gasteiger partial charge in [0, 0.05) is 18.4 Å². The summed E-state index contributed by atoms with van der Waals surface area (Å²) in [5, 5.41) is 5.93. The molecule has 19 heavy (non-hydrogen) atoms. The number of nitrogens with one attached hydrogen (secondary N) is 2. The Bertz CT molecular complexity index is 564. The summed E-state index contributed by atoms with van der Waals surface area (Å²) in [5.41, 5.74) is 3.28. The van der Waals surface area contributed by atoms with Crippen molar-refractivity contribution >= 4 is 11.6 Å². The lowest BCUT2D eigenvalue weighted by atomic mass is 10.2. The Morgan fingerprint density at radius 3 is 2.58 bits per heavy atom. The molecule has 0 radical (unpaired) electrons. The molecule has 2 aromatic rings. The summed E-state index contributed by atoms with van der Waals surface area (Å²) < 4.78 is 0. The van der Waals surface area contributed by atoms with Crippen molar-refractivity contribution in [3.8, 4) is 0 Å². The van der Waals surface area contributed by atoms with Gasteiger partial charge in [0.1, 0.15) is 5.69 Å². The molecule has 1 heterocycles. The number of benzene rings is 1. The van der Waals surface area contributed by atoms with E-state index in [1.165, 1.54) is 5.56 Å². The maximum absolute atomic E-state index is 12.1. The Morgan fingerprint density at radius 2 is 1.95 bits per heavy atom. The van der Waals surface area contributed by atoms with Crippen LogP contribution in [0.4, 0.5) is 5.69 Å². The lowest BCUT2D eigenvalue weighted by Crippen LogP contribution is -2.15. The van der Waals surface area contributed by atoms with E-state index in [1.54, 1.807) is 6.20 Å². The van der Waals surface area contributed by atoms with Crippen molar-refractivity contribution < 1.29 is 4.79 Å². The van der Waals surface area contributed by atoms with Crippen LogP contribution in [0.15, 0.2) is 42.6 Å². The van der Waals surface area contributed by atoms with Crippen molar-refractivity contribution in [2.45, 2.75) is 13.5 Å². The number of aryl methyl sites for hydroxylation is 1. The molecule has 0 unspecified atom stereocenters. The van der Waals surface area contributed by atoms with Gasteiger partial charge in [-0.05, 0) is 43.3 Å². The quantitative estimate of drug-likeness (QED) is 0.881. The second-order valence-corrected chi connectivity index (χ2v) is 4.35. The monoisotopic (exact) mass is 255 g/mol. The van der Waals surface area contributed by atoms with Gasteiger partial charge in [-0.15, -0.1) is 0 Å². The van der Waals surface area contributed by atoms with Crippen molar-refractivity contribution in [3.05, 3.63) is 59.4 Å². The first-order valence-electron chi connectivity index (χ1n) is 6.17. The van der Waals surface area contributed by atoms with Gasteiger partial charge in [-0.3, -0.25) is 9.78 Å². The summed E-state index contributed by atoms with van der Waals surface area (Å²) >= 11 is 0. The highest BCUT2D eigenvalue weighted by Crippen LogP contribution is 2.12. The van der Waals surface area contributed by atoms with Crippen LogP contribution in [-0.2, 0) is 6.54 Å². The average molecular weight is 255 g/mol. The number of pyridine rings is 1. The number of rotatable bonds is 4. The Kier molecular flexibility index (Phi) is 4.26. The molecule has 0 spiro atoms. The van der Waals surface area contributed by atoms with Crippen LogP contribution in [0, 0.1) is 6.92 Å². The number of amides is 1. The molecule has 4 nitrogen and oxygen atoms in total. The van der Waals surface area contributed by atoms with Crippen LogP contribution < -0.4 is 10.6 Å². The van der Waals surface area contributed by atoms with Crippen LogP contribution >= 0.6 is 0 Å². The molecule has 4 heteroatoms. The van der Waals surface area contributed by atoms with Gasteiger partial charge in [-0.2, -0.15) is 0 Å². The minimum absolute atomic E-state index is 0.181. The largest absolute Gasteiger partial charge is 0.321 e. The van der Waals surface area contributed by atoms with E-state index >= 15 is 0 Å². The van der Waals surface area contributed by atoms with Crippen molar-refractivity contribution in [2.75, 3.05) is 12.4 Å². The van der Waals surface area contributed by atoms with Crippen molar-refractivity contribution in [1.29, 1.82) is 0 Å². The summed E-state index contributed by atoms with van der Waals surface area (Å²) in [6.07, 6.45) is 1.62. The van der Waals surface area contributed by atoms with Gasteiger partial charge < -0.3 is 10.6 Å². The second kappa shape index (κ2) is 6.11. The molecule has 1 aromatic carbocycles. The van der Waals surface area contributed by atoms with Gasteiger partial charge in [0.25, 0.3) is 5.91 Å². The Labute approximate surface area is 112 Å². The highest BCUT2D eigenvalue weighted by atomic mass is 16.1.